The summed E-state index contributed by atoms with van der Waals surface area (Å²) in [5.74, 6) is 0.792. The van der Waals surface area contributed by atoms with Gasteiger partial charge in [-0.3, -0.25) is 0 Å². The van der Waals surface area contributed by atoms with Crippen LogP contribution in [0, 0.1) is 0 Å². The Labute approximate surface area is 239 Å². The molecule has 0 fully saturated rings. The van der Waals surface area contributed by atoms with Crippen LogP contribution in [-0.4, -0.2) is 9.97 Å². The van der Waals surface area contributed by atoms with E-state index in [9.17, 15) is 0 Å². The zero-order valence-electron chi connectivity index (χ0n) is 22.5. The van der Waals surface area contributed by atoms with E-state index < -0.39 is 0 Å². The second-order valence-electron chi connectivity index (χ2n) is 10.7. The van der Waals surface area contributed by atoms with Crippen molar-refractivity contribution in [2.45, 2.75) is 6.42 Å². The zero-order valence-corrected chi connectivity index (χ0v) is 22.5. The Morgan fingerprint density at radius 3 is 1.76 bits per heavy atom. The molecule has 0 bridgehead atoms. The molecule has 0 saturated heterocycles. The van der Waals surface area contributed by atoms with E-state index in [2.05, 4.69) is 133 Å². The largest absolute Gasteiger partial charge is 0.228 e. The van der Waals surface area contributed by atoms with Gasteiger partial charge < -0.3 is 0 Å². The quantitative estimate of drug-likeness (QED) is 0.215. The smallest absolute Gasteiger partial charge is 0.156 e. The van der Waals surface area contributed by atoms with Gasteiger partial charge in [0.2, 0.25) is 0 Å². The molecular weight excluding hydrogens is 496 g/mol. The summed E-state index contributed by atoms with van der Waals surface area (Å²) in [6.45, 7) is 0. The third-order valence-electron chi connectivity index (χ3n) is 8.09. The summed E-state index contributed by atoms with van der Waals surface area (Å²) in [6.07, 6.45) is 3.10. The van der Waals surface area contributed by atoms with Gasteiger partial charge in [0.25, 0.3) is 0 Å². The summed E-state index contributed by atoms with van der Waals surface area (Å²) in [5.41, 5.74) is 10.2. The highest BCUT2D eigenvalue weighted by Crippen LogP contribution is 2.36. The molecule has 7 aromatic rings. The first-order chi connectivity index (χ1) is 20.3. The van der Waals surface area contributed by atoms with Crippen LogP contribution >= 0.6 is 0 Å². The summed E-state index contributed by atoms with van der Waals surface area (Å²) < 4.78 is 0. The van der Waals surface area contributed by atoms with Crippen molar-refractivity contribution in [2.75, 3.05) is 0 Å². The first-order valence-electron chi connectivity index (χ1n) is 14.0. The van der Waals surface area contributed by atoms with Crippen LogP contribution in [-0.2, 0) is 6.42 Å². The maximum Gasteiger partial charge on any atom is 0.156 e. The van der Waals surface area contributed by atoms with Gasteiger partial charge in [-0.05, 0) is 68.1 Å². The summed E-state index contributed by atoms with van der Waals surface area (Å²) in [7, 11) is 0. The molecule has 41 heavy (non-hydrogen) atoms. The Balaban J connectivity index is 1.21. The molecule has 1 aliphatic carbocycles. The molecule has 0 amide bonds. The van der Waals surface area contributed by atoms with Crippen LogP contribution in [0.25, 0.3) is 66.8 Å². The maximum atomic E-state index is 5.06. The first-order valence-corrected chi connectivity index (χ1v) is 14.0. The van der Waals surface area contributed by atoms with Crippen LogP contribution in [0.5, 0.6) is 0 Å². The van der Waals surface area contributed by atoms with Crippen molar-refractivity contribution < 1.29 is 0 Å². The molecule has 0 unspecified atom stereocenters. The summed E-state index contributed by atoms with van der Waals surface area (Å²) in [5, 5.41) is 5.11. The van der Waals surface area contributed by atoms with Crippen molar-refractivity contribution in [3.8, 4) is 33.6 Å². The first kappa shape index (κ1) is 23.5. The SMILES string of the molecule is C1=C(c2nc(-c3ccccc3)cc(-c3ccccc3)n2)Cc2ccc(-c3ccc4ccc5ccccc5c4c3)cc21. The topological polar surface area (TPSA) is 25.8 Å². The minimum absolute atomic E-state index is 0.792. The molecule has 0 N–H and O–H groups in total. The Kier molecular flexibility index (Phi) is 5.56. The van der Waals surface area contributed by atoms with Gasteiger partial charge in [0, 0.05) is 23.1 Å². The molecule has 1 aliphatic rings. The van der Waals surface area contributed by atoms with Crippen LogP contribution in [0.4, 0.5) is 0 Å². The van der Waals surface area contributed by atoms with Crippen LogP contribution in [0.1, 0.15) is 17.0 Å². The van der Waals surface area contributed by atoms with E-state index in [4.69, 9.17) is 9.97 Å². The Bertz CT molecular complexity index is 2050. The van der Waals surface area contributed by atoms with E-state index >= 15 is 0 Å². The molecule has 0 spiro atoms. The van der Waals surface area contributed by atoms with Gasteiger partial charge in [-0.2, -0.15) is 0 Å². The minimum Gasteiger partial charge on any atom is -0.228 e. The standard InChI is InChI=1S/C39H26N2/c1-3-10-28(11-4-1)37-25-38(29-12-5-2-6-13-29)41-39(40-37)34-22-31-20-19-30(21-33(31)23-34)32-18-17-27-16-15-26-9-7-8-14-35(26)36(27)24-32/h1-21,23-25H,22H2. The lowest BCUT2D eigenvalue weighted by Gasteiger charge is -2.10. The van der Waals surface area contributed by atoms with Crippen LogP contribution < -0.4 is 0 Å². The minimum atomic E-state index is 0.792. The highest BCUT2D eigenvalue weighted by atomic mass is 14.9. The van der Waals surface area contributed by atoms with Crippen molar-refractivity contribution in [2.24, 2.45) is 0 Å². The van der Waals surface area contributed by atoms with E-state index in [1.54, 1.807) is 0 Å². The Morgan fingerprint density at radius 2 is 1.02 bits per heavy atom. The highest BCUT2D eigenvalue weighted by Gasteiger charge is 2.19. The number of aromatic nitrogens is 2. The van der Waals surface area contributed by atoms with Crippen molar-refractivity contribution in [3.05, 3.63) is 156 Å². The van der Waals surface area contributed by atoms with Gasteiger partial charge in [0.15, 0.2) is 5.82 Å². The molecule has 1 heterocycles. The van der Waals surface area contributed by atoms with Crippen LogP contribution in [0.15, 0.2) is 140 Å². The zero-order chi connectivity index (χ0) is 27.2. The van der Waals surface area contributed by atoms with E-state index in [1.807, 2.05) is 12.1 Å². The van der Waals surface area contributed by atoms with Gasteiger partial charge in [-0.15, -0.1) is 0 Å². The van der Waals surface area contributed by atoms with E-state index in [-0.39, 0.29) is 0 Å². The van der Waals surface area contributed by atoms with Gasteiger partial charge in [0.1, 0.15) is 0 Å². The van der Waals surface area contributed by atoms with Gasteiger partial charge >= 0.3 is 0 Å². The van der Waals surface area contributed by atoms with E-state index in [0.29, 0.717) is 0 Å². The lowest BCUT2D eigenvalue weighted by molar-refractivity contribution is 1.11. The fourth-order valence-corrected chi connectivity index (χ4v) is 5.94. The van der Waals surface area contributed by atoms with Crippen molar-refractivity contribution in [1.29, 1.82) is 0 Å². The van der Waals surface area contributed by atoms with Crippen molar-refractivity contribution in [3.63, 3.8) is 0 Å². The Morgan fingerprint density at radius 1 is 0.439 bits per heavy atom. The summed E-state index contributed by atoms with van der Waals surface area (Å²) in [6, 6.07) is 49.5. The predicted molar refractivity (Wildman–Crippen MR) is 171 cm³/mol. The number of fused-ring (bicyclic) bond motifs is 4. The van der Waals surface area contributed by atoms with Crippen LogP contribution in [0.3, 0.4) is 0 Å². The number of rotatable bonds is 4. The van der Waals surface area contributed by atoms with Gasteiger partial charge in [0.05, 0.1) is 11.4 Å². The van der Waals surface area contributed by atoms with E-state index in [1.165, 1.54) is 43.8 Å². The second kappa shape index (κ2) is 9.69. The highest BCUT2D eigenvalue weighted by molar-refractivity contribution is 6.08. The number of allylic oxidation sites excluding steroid dienone is 1. The molecular formula is C39H26N2. The van der Waals surface area contributed by atoms with Crippen molar-refractivity contribution >= 4 is 33.2 Å². The predicted octanol–water partition coefficient (Wildman–Crippen LogP) is 9.88. The summed E-state index contributed by atoms with van der Waals surface area (Å²) >= 11 is 0. The maximum absolute atomic E-state index is 5.06. The number of nitrogens with zero attached hydrogens (tertiary/aromatic N) is 2. The second-order valence-corrected chi connectivity index (χ2v) is 10.7. The third kappa shape index (κ3) is 4.31. The number of hydrogen-bond acceptors (Lipinski definition) is 2. The normalized spacial score (nSPS) is 12.4. The summed E-state index contributed by atoms with van der Waals surface area (Å²) in [4.78, 5) is 10.1. The van der Waals surface area contributed by atoms with Crippen LogP contribution in [0.2, 0.25) is 0 Å². The molecule has 0 aliphatic heterocycles. The van der Waals surface area contributed by atoms with Gasteiger partial charge in [-0.1, -0.05) is 121 Å². The molecule has 2 nitrogen and oxygen atoms in total. The Hall–Kier alpha value is -5.34. The lowest BCUT2D eigenvalue weighted by atomic mass is 9.95. The molecule has 8 rings (SSSR count). The number of hydrogen-bond donors (Lipinski definition) is 0. The molecule has 1 aromatic heterocycles. The molecule has 192 valence electrons. The molecule has 2 heteroatoms. The van der Waals surface area contributed by atoms with Crippen molar-refractivity contribution in [1.82, 2.24) is 9.97 Å². The average molecular weight is 523 g/mol. The fourth-order valence-electron chi connectivity index (χ4n) is 5.94. The molecule has 0 atom stereocenters. The third-order valence-corrected chi connectivity index (χ3v) is 8.09. The lowest BCUT2D eigenvalue weighted by Crippen LogP contribution is -1.99. The monoisotopic (exact) mass is 522 g/mol. The average Bonchev–Trinajstić information content (AvgIpc) is 3.49. The molecule has 0 radical (unpaired) electrons. The van der Waals surface area contributed by atoms with Gasteiger partial charge in [-0.25, -0.2) is 9.97 Å². The fraction of sp³-hybridized carbons (Fsp3) is 0.0256. The molecule has 6 aromatic carbocycles. The number of benzene rings is 6. The molecule has 0 saturated carbocycles. The van der Waals surface area contributed by atoms with E-state index in [0.717, 1.165) is 40.3 Å².